The quantitative estimate of drug-likeness (QED) is 0.464. The molecule has 3 rings (SSSR count). The third kappa shape index (κ3) is 3.85. The van der Waals surface area contributed by atoms with E-state index in [1.807, 2.05) is 5.32 Å². The Bertz CT molecular complexity index is 821. The van der Waals surface area contributed by atoms with Crippen molar-refractivity contribution >= 4 is 29.4 Å². The maximum absolute atomic E-state index is 13.5. The normalized spacial score (nSPS) is 21.5. The zero-order chi connectivity index (χ0) is 20.4. The van der Waals surface area contributed by atoms with Crippen LogP contribution in [0.25, 0.3) is 0 Å². The average molecular weight is 398 g/mol. The number of amides is 3. The van der Waals surface area contributed by atoms with Crippen molar-refractivity contribution in [1.29, 1.82) is 0 Å². The van der Waals surface area contributed by atoms with E-state index in [2.05, 4.69) is 0 Å². The Morgan fingerprint density at radius 2 is 1.64 bits per heavy atom. The maximum Gasteiger partial charge on any atom is 0.326 e. The number of hydrogen-bond donors (Lipinski definition) is 1. The molecule has 1 aliphatic carbocycles. The summed E-state index contributed by atoms with van der Waals surface area (Å²) < 4.78 is 44.2. The highest BCUT2D eigenvalue weighted by Crippen LogP contribution is 2.37. The molecule has 1 saturated carbocycles. The molecule has 2 fully saturated rings. The number of hydrogen-bond acceptors (Lipinski definition) is 5. The summed E-state index contributed by atoms with van der Waals surface area (Å²) in [6, 6.07) is 1.45. The van der Waals surface area contributed by atoms with Gasteiger partial charge in [-0.15, -0.1) is 0 Å². The van der Waals surface area contributed by atoms with Gasteiger partial charge < -0.3 is 10.1 Å². The summed E-state index contributed by atoms with van der Waals surface area (Å²) >= 11 is 0. The monoisotopic (exact) mass is 398 g/mol. The van der Waals surface area contributed by atoms with Crippen molar-refractivity contribution in [2.24, 2.45) is 11.8 Å². The van der Waals surface area contributed by atoms with E-state index in [0.29, 0.717) is 18.9 Å². The number of carbonyl (C=O) groups is 4. The lowest BCUT2D eigenvalue weighted by Crippen LogP contribution is -2.37. The zero-order valence-electron chi connectivity index (χ0n) is 14.7. The number of benzene rings is 1. The molecule has 0 aromatic heterocycles. The van der Waals surface area contributed by atoms with Gasteiger partial charge in [-0.2, -0.15) is 0 Å². The van der Waals surface area contributed by atoms with Crippen molar-refractivity contribution in [3.05, 3.63) is 29.6 Å². The first kappa shape index (κ1) is 19.8. The van der Waals surface area contributed by atoms with E-state index in [0.717, 1.165) is 23.8 Å². The van der Waals surface area contributed by atoms with Gasteiger partial charge in [0.25, 0.3) is 5.91 Å². The van der Waals surface area contributed by atoms with E-state index >= 15 is 0 Å². The summed E-state index contributed by atoms with van der Waals surface area (Å²) in [7, 11) is 0. The second kappa shape index (κ2) is 7.99. The minimum absolute atomic E-state index is 0.409. The van der Waals surface area contributed by atoms with Gasteiger partial charge in [0, 0.05) is 0 Å². The van der Waals surface area contributed by atoms with E-state index in [4.69, 9.17) is 4.74 Å². The van der Waals surface area contributed by atoms with Crippen LogP contribution < -0.4 is 5.32 Å². The number of rotatable bonds is 5. The van der Waals surface area contributed by atoms with Gasteiger partial charge in [-0.05, 0) is 25.0 Å². The Morgan fingerprint density at radius 1 is 1.04 bits per heavy atom. The molecule has 1 aromatic rings. The molecular weight excluding hydrogens is 381 g/mol. The van der Waals surface area contributed by atoms with Gasteiger partial charge in [-0.3, -0.25) is 24.1 Å². The number of likely N-dealkylation sites (tertiary alicyclic amines) is 1. The second-order valence-corrected chi connectivity index (χ2v) is 6.69. The third-order valence-corrected chi connectivity index (χ3v) is 4.89. The van der Waals surface area contributed by atoms with Crippen LogP contribution in [-0.2, 0) is 23.9 Å². The second-order valence-electron chi connectivity index (χ2n) is 6.69. The molecule has 10 heteroatoms. The van der Waals surface area contributed by atoms with E-state index in [1.165, 1.54) is 0 Å². The predicted molar refractivity (Wildman–Crippen MR) is 88.1 cm³/mol. The van der Waals surface area contributed by atoms with Crippen molar-refractivity contribution in [3.63, 3.8) is 0 Å². The Kier molecular flexibility index (Phi) is 5.66. The lowest BCUT2D eigenvalue weighted by atomic mass is 9.81. The minimum Gasteiger partial charge on any atom is -0.454 e. The molecule has 1 aromatic carbocycles. The molecule has 1 heterocycles. The Labute approximate surface area is 157 Å². The highest BCUT2D eigenvalue weighted by molar-refractivity contribution is 6.07. The van der Waals surface area contributed by atoms with Crippen molar-refractivity contribution in [2.45, 2.75) is 25.7 Å². The maximum atomic E-state index is 13.5. The fourth-order valence-corrected chi connectivity index (χ4v) is 3.52. The number of carbonyl (C=O) groups excluding carboxylic acids is 4. The molecule has 1 aliphatic heterocycles. The first-order chi connectivity index (χ1) is 13.3. The van der Waals surface area contributed by atoms with Crippen LogP contribution in [0.15, 0.2) is 12.1 Å². The van der Waals surface area contributed by atoms with Crippen LogP contribution in [0.2, 0.25) is 0 Å². The van der Waals surface area contributed by atoms with Gasteiger partial charge in [0.05, 0.1) is 17.5 Å². The number of imide groups is 1. The molecule has 150 valence electrons. The number of halogens is 3. The van der Waals surface area contributed by atoms with Gasteiger partial charge in [0.15, 0.2) is 24.1 Å². The Hall–Kier alpha value is -2.91. The summed E-state index contributed by atoms with van der Waals surface area (Å²) in [5.74, 6) is -8.38. The van der Waals surface area contributed by atoms with Crippen LogP contribution in [0.1, 0.15) is 25.7 Å². The predicted octanol–water partition coefficient (Wildman–Crippen LogP) is 1.76. The van der Waals surface area contributed by atoms with Crippen LogP contribution in [0.3, 0.4) is 0 Å². The number of ether oxygens (including phenoxy) is 1. The number of nitrogens with zero attached hydrogens (tertiary/aromatic N) is 1. The lowest BCUT2D eigenvalue weighted by molar-refractivity contribution is -0.154. The first-order valence-electron chi connectivity index (χ1n) is 8.73. The van der Waals surface area contributed by atoms with Crippen molar-refractivity contribution in [3.8, 4) is 0 Å². The average Bonchev–Trinajstić information content (AvgIpc) is 2.92. The molecule has 2 aliphatic rings. The third-order valence-electron chi connectivity index (χ3n) is 4.89. The van der Waals surface area contributed by atoms with Crippen LogP contribution in [0.4, 0.5) is 18.9 Å². The SMILES string of the molecule is O=C(COC(=O)CN1C(=O)[C@H]2CCCC[C@H]2C1=O)Nc1ccc(F)c(F)c1F. The standard InChI is InChI=1S/C18H17F3N2O5/c19-11-5-6-12(16(21)15(11)20)22-13(24)8-28-14(25)7-23-17(26)9-3-1-2-4-10(9)18(23)27/h5-6,9-10H,1-4,7-8H2,(H,22,24)/t9-,10+. The molecule has 7 nitrogen and oxygen atoms in total. The summed E-state index contributed by atoms with van der Waals surface area (Å²) in [6.45, 7) is -1.46. The number of anilines is 1. The fourth-order valence-electron chi connectivity index (χ4n) is 3.52. The van der Waals surface area contributed by atoms with Crippen LogP contribution in [0.5, 0.6) is 0 Å². The molecule has 3 amide bonds. The highest BCUT2D eigenvalue weighted by atomic mass is 19.2. The molecule has 0 bridgehead atoms. The largest absolute Gasteiger partial charge is 0.454 e. The minimum atomic E-state index is -1.75. The van der Waals surface area contributed by atoms with Gasteiger partial charge >= 0.3 is 5.97 Å². The molecule has 0 unspecified atom stereocenters. The number of fused-ring (bicyclic) bond motifs is 1. The van der Waals surface area contributed by atoms with Gasteiger partial charge in [0.2, 0.25) is 11.8 Å². The molecule has 0 spiro atoms. The highest BCUT2D eigenvalue weighted by Gasteiger charge is 2.48. The summed E-state index contributed by atoms with van der Waals surface area (Å²) in [5.41, 5.74) is -0.617. The van der Waals surface area contributed by atoms with Crippen LogP contribution >= 0.6 is 0 Å². The van der Waals surface area contributed by atoms with E-state index in [1.54, 1.807) is 0 Å². The Morgan fingerprint density at radius 3 is 2.25 bits per heavy atom. The molecule has 2 atom stereocenters. The molecule has 1 saturated heterocycles. The summed E-state index contributed by atoms with van der Waals surface area (Å²) in [5, 5.41) is 1.94. The van der Waals surface area contributed by atoms with Crippen molar-refractivity contribution < 1.29 is 37.1 Å². The smallest absolute Gasteiger partial charge is 0.326 e. The topological polar surface area (TPSA) is 92.8 Å². The van der Waals surface area contributed by atoms with Crippen molar-refractivity contribution in [1.82, 2.24) is 4.90 Å². The van der Waals surface area contributed by atoms with Gasteiger partial charge in [-0.1, -0.05) is 12.8 Å². The number of esters is 1. The van der Waals surface area contributed by atoms with E-state index in [-0.39, 0.29) is 0 Å². The van der Waals surface area contributed by atoms with Gasteiger partial charge in [0.1, 0.15) is 6.54 Å². The Balaban J connectivity index is 1.52. The van der Waals surface area contributed by atoms with Crippen molar-refractivity contribution in [2.75, 3.05) is 18.5 Å². The molecule has 0 radical (unpaired) electrons. The van der Waals surface area contributed by atoms with Gasteiger partial charge in [-0.25, -0.2) is 13.2 Å². The first-order valence-corrected chi connectivity index (χ1v) is 8.73. The number of nitrogens with one attached hydrogen (secondary N) is 1. The van der Waals surface area contributed by atoms with Crippen LogP contribution in [0, 0.1) is 29.3 Å². The van der Waals surface area contributed by atoms with Crippen LogP contribution in [-0.4, -0.2) is 41.7 Å². The molecule has 1 N–H and O–H groups in total. The van der Waals surface area contributed by atoms with E-state index < -0.39 is 71.8 Å². The zero-order valence-corrected chi connectivity index (χ0v) is 14.7. The molecule has 28 heavy (non-hydrogen) atoms. The summed E-state index contributed by atoms with van der Waals surface area (Å²) in [6.07, 6.45) is 2.89. The van der Waals surface area contributed by atoms with E-state index in [9.17, 15) is 32.3 Å². The lowest BCUT2D eigenvalue weighted by Gasteiger charge is -2.19. The molecular formula is C18H17F3N2O5. The summed E-state index contributed by atoms with van der Waals surface area (Å²) in [4.78, 5) is 49.0. The fraction of sp³-hybridized carbons (Fsp3) is 0.444.